The van der Waals surface area contributed by atoms with Gasteiger partial charge in [0.15, 0.2) is 12.3 Å². The van der Waals surface area contributed by atoms with Crippen molar-refractivity contribution in [2.75, 3.05) is 13.7 Å². The molecule has 0 saturated heterocycles. The van der Waals surface area contributed by atoms with Gasteiger partial charge in [0.05, 0.1) is 24.1 Å². The number of para-hydroxylation sites is 1. The monoisotopic (exact) mass is 369 g/mol. The summed E-state index contributed by atoms with van der Waals surface area (Å²) in [5, 5.41) is 8.29. The van der Waals surface area contributed by atoms with Crippen LogP contribution < -0.4 is 4.74 Å². The Morgan fingerprint density at radius 2 is 1.85 bits per heavy atom. The van der Waals surface area contributed by atoms with E-state index < -0.39 is 24.2 Å². The van der Waals surface area contributed by atoms with Gasteiger partial charge in [0.1, 0.15) is 11.6 Å². The van der Waals surface area contributed by atoms with Gasteiger partial charge >= 0.3 is 5.97 Å². The third-order valence-electron chi connectivity index (χ3n) is 3.76. The van der Waals surface area contributed by atoms with Crippen molar-refractivity contribution in [3.63, 3.8) is 0 Å². The Hall–Kier alpha value is -3.55. The molecule has 7 nitrogen and oxygen atoms in total. The molecule has 1 aromatic heterocycles. The highest BCUT2D eigenvalue weighted by Gasteiger charge is 2.21. The van der Waals surface area contributed by atoms with E-state index in [1.165, 1.54) is 24.0 Å². The molecule has 0 amide bonds. The van der Waals surface area contributed by atoms with E-state index in [-0.39, 0.29) is 17.0 Å². The maximum absolute atomic E-state index is 13.4. The van der Waals surface area contributed by atoms with Crippen molar-refractivity contribution in [1.82, 2.24) is 15.0 Å². The van der Waals surface area contributed by atoms with Gasteiger partial charge in [0.25, 0.3) is 0 Å². The number of aromatic nitrogens is 3. The summed E-state index contributed by atoms with van der Waals surface area (Å²) in [6, 6.07) is 12.6. The van der Waals surface area contributed by atoms with Gasteiger partial charge in [-0.15, -0.1) is 5.10 Å². The molecule has 1 heterocycles. The minimum atomic E-state index is -0.793. The molecule has 0 fully saturated rings. The number of ether oxygens (including phenoxy) is 2. The second-order valence-electron chi connectivity index (χ2n) is 5.60. The van der Waals surface area contributed by atoms with Crippen LogP contribution >= 0.6 is 0 Å². The Bertz CT molecular complexity index is 986. The first-order chi connectivity index (χ1) is 13.0. The minimum absolute atomic E-state index is 0.00198. The molecule has 0 saturated carbocycles. The second kappa shape index (κ2) is 7.77. The highest BCUT2D eigenvalue weighted by Crippen LogP contribution is 2.20. The maximum atomic E-state index is 13.4. The largest absolute Gasteiger partial charge is 0.496 e. The fourth-order valence-corrected chi connectivity index (χ4v) is 2.42. The third-order valence-corrected chi connectivity index (χ3v) is 3.76. The summed E-state index contributed by atoms with van der Waals surface area (Å²) < 4.78 is 23.5. The zero-order valence-corrected chi connectivity index (χ0v) is 14.7. The summed E-state index contributed by atoms with van der Waals surface area (Å²) in [6.07, 6.45) is 0. The van der Waals surface area contributed by atoms with E-state index in [0.717, 1.165) is 6.07 Å². The normalized spacial score (nSPS) is 10.5. The van der Waals surface area contributed by atoms with E-state index in [4.69, 9.17) is 9.47 Å². The molecule has 3 rings (SSSR count). The molecule has 0 atom stereocenters. The lowest BCUT2D eigenvalue weighted by atomic mass is 10.1. The van der Waals surface area contributed by atoms with Crippen molar-refractivity contribution in [2.45, 2.75) is 6.92 Å². The fraction of sp³-hybridized carbons (Fsp3) is 0.158. The lowest BCUT2D eigenvalue weighted by Gasteiger charge is -2.08. The summed E-state index contributed by atoms with van der Waals surface area (Å²) in [4.78, 5) is 25.8. The highest BCUT2D eigenvalue weighted by molar-refractivity contribution is 6.01. The first-order valence-electron chi connectivity index (χ1n) is 8.03. The molecule has 0 aliphatic carbocycles. The second-order valence-corrected chi connectivity index (χ2v) is 5.60. The summed E-state index contributed by atoms with van der Waals surface area (Å²) in [5.74, 6) is -1.78. The lowest BCUT2D eigenvalue weighted by Crippen LogP contribution is -2.16. The minimum Gasteiger partial charge on any atom is -0.496 e. The van der Waals surface area contributed by atoms with Gasteiger partial charge < -0.3 is 9.47 Å². The SMILES string of the molecule is COc1ccc(F)cc1C(=O)COC(=O)c1nn(-c2ccccc2)nc1C. The predicted octanol–water partition coefficient (Wildman–Crippen LogP) is 2.76. The van der Waals surface area contributed by atoms with Crippen LogP contribution in [0.15, 0.2) is 48.5 Å². The number of nitrogens with zero attached hydrogens (tertiary/aromatic N) is 3. The topological polar surface area (TPSA) is 83.3 Å². The van der Waals surface area contributed by atoms with Crippen molar-refractivity contribution < 1.29 is 23.5 Å². The Labute approximate surface area is 154 Å². The highest BCUT2D eigenvalue weighted by atomic mass is 19.1. The van der Waals surface area contributed by atoms with E-state index in [2.05, 4.69) is 10.2 Å². The molecule has 138 valence electrons. The van der Waals surface area contributed by atoms with Gasteiger partial charge in [-0.25, -0.2) is 9.18 Å². The number of Topliss-reactive ketones (excluding diaryl/α,β-unsaturated/α-hetero) is 1. The molecule has 2 aromatic carbocycles. The fourth-order valence-electron chi connectivity index (χ4n) is 2.42. The molecule has 0 aliphatic heterocycles. The van der Waals surface area contributed by atoms with Crippen LogP contribution in [0.4, 0.5) is 4.39 Å². The van der Waals surface area contributed by atoms with Crippen LogP contribution in [0.25, 0.3) is 5.69 Å². The van der Waals surface area contributed by atoms with E-state index in [0.29, 0.717) is 11.4 Å². The zero-order valence-electron chi connectivity index (χ0n) is 14.7. The number of aryl methyl sites for hydroxylation is 1. The summed E-state index contributed by atoms with van der Waals surface area (Å²) >= 11 is 0. The molecule has 0 radical (unpaired) electrons. The van der Waals surface area contributed by atoms with Gasteiger partial charge in [-0.2, -0.15) is 9.90 Å². The Kier molecular flexibility index (Phi) is 5.25. The van der Waals surface area contributed by atoms with Crippen molar-refractivity contribution in [3.8, 4) is 11.4 Å². The summed E-state index contributed by atoms with van der Waals surface area (Å²) in [6.45, 7) is 1.04. The smallest absolute Gasteiger partial charge is 0.361 e. The lowest BCUT2D eigenvalue weighted by molar-refractivity contribution is 0.0467. The quantitative estimate of drug-likeness (QED) is 0.491. The van der Waals surface area contributed by atoms with Gasteiger partial charge in [-0.05, 0) is 37.3 Å². The molecule has 0 bridgehead atoms. The number of rotatable bonds is 6. The molecular weight excluding hydrogens is 353 g/mol. The first kappa shape index (κ1) is 18.2. The molecule has 3 aromatic rings. The van der Waals surface area contributed by atoms with Gasteiger partial charge in [0, 0.05) is 0 Å². The number of esters is 1. The molecule has 27 heavy (non-hydrogen) atoms. The van der Waals surface area contributed by atoms with Crippen molar-refractivity contribution in [2.24, 2.45) is 0 Å². The predicted molar refractivity (Wildman–Crippen MR) is 93.7 cm³/mol. The maximum Gasteiger partial charge on any atom is 0.361 e. The number of halogens is 1. The first-order valence-corrected chi connectivity index (χ1v) is 8.03. The van der Waals surface area contributed by atoms with Gasteiger partial charge in [0.2, 0.25) is 5.78 Å². The number of carbonyl (C=O) groups excluding carboxylic acids is 2. The average Bonchev–Trinajstić information content (AvgIpc) is 3.08. The van der Waals surface area contributed by atoms with Crippen LogP contribution in [-0.4, -0.2) is 40.5 Å². The number of benzene rings is 2. The summed E-state index contributed by atoms with van der Waals surface area (Å²) in [5.41, 5.74) is 1.03. The molecule has 0 aliphatic rings. The van der Waals surface area contributed by atoms with Gasteiger partial charge in [-0.3, -0.25) is 4.79 Å². The summed E-state index contributed by atoms with van der Waals surface area (Å²) in [7, 11) is 1.36. The Morgan fingerprint density at radius 1 is 1.11 bits per heavy atom. The van der Waals surface area contributed by atoms with Crippen molar-refractivity contribution in [1.29, 1.82) is 0 Å². The van der Waals surface area contributed by atoms with Crippen molar-refractivity contribution in [3.05, 3.63) is 71.3 Å². The van der Waals surface area contributed by atoms with Crippen LogP contribution in [0.2, 0.25) is 0 Å². The average molecular weight is 369 g/mol. The number of carbonyl (C=O) groups is 2. The van der Waals surface area contributed by atoms with E-state index in [9.17, 15) is 14.0 Å². The van der Waals surface area contributed by atoms with Crippen LogP contribution in [0.5, 0.6) is 5.75 Å². The van der Waals surface area contributed by atoms with Gasteiger partial charge in [-0.1, -0.05) is 18.2 Å². The molecule has 0 N–H and O–H groups in total. The zero-order chi connectivity index (χ0) is 19.4. The van der Waals surface area contributed by atoms with E-state index in [1.54, 1.807) is 19.1 Å². The van der Waals surface area contributed by atoms with Crippen LogP contribution in [0, 0.1) is 12.7 Å². The number of methoxy groups -OCH3 is 1. The molecule has 0 spiro atoms. The number of hydrogen-bond donors (Lipinski definition) is 0. The molecule has 0 unspecified atom stereocenters. The Morgan fingerprint density at radius 3 is 2.56 bits per heavy atom. The van der Waals surface area contributed by atoms with E-state index in [1.807, 2.05) is 18.2 Å². The number of ketones is 1. The molecule has 8 heteroatoms. The molecular formula is C19H16FN3O4. The number of hydrogen-bond acceptors (Lipinski definition) is 6. The third kappa shape index (κ3) is 4.00. The van der Waals surface area contributed by atoms with Crippen LogP contribution in [-0.2, 0) is 4.74 Å². The Balaban J connectivity index is 1.72. The van der Waals surface area contributed by atoms with E-state index >= 15 is 0 Å². The van der Waals surface area contributed by atoms with Crippen LogP contribution in [0.1, 0.15) is 26.5 Å². The standard InChI is InChI=1S/C19H16FN3O4/c1-12-18(22-23(21-12)14-6-4-3-5-7-14)19(25)27-11-16(24)15-10-13(20)8-9-17(15)26-2/h3-10H,11H2,1-2H3. The van der Waals surface area contributed by atoms with Crippen LogP contribution in [0.3, 0.4) is 0 Å². The van der Waals surface area contributed by atoms with Crippen molar-refractivity contribution >= 4 is 11.8 Å².